The largest absolute Gasteiger partial charge is 0.394 e. The fraction of sp³-hybridized carbons (Fsp3) is 0.560. The van der Waals surface area contributed by atoms with E-state index in [4.69, 9.17) is 11.6 Å². The Kier molecular flexibility index (Phi) is 8.19. The number of anilines is 1. The molecule has 3 N–H and O–H groups in total. The normalized spacial score (nSPS) is 27.4. The number of allylic oxidation sites excluding steroid dienone is 1. The highest BCUT2D eigenvalue weighted by Gasteiger charge is 2.58. The first-order valence-corrected chi connectivity index (χ1v) is 12.0. The summed E-state index contributed by atoms with van der Waals surface area (Å²) >= 11 is 6.26. The fourth-order valence-electron chi connectivity index (χ4n) is 5.34. The maximum absolute atomic E-state index is 13.8. The molecule has 0 saturated carbocycles. The second kappa shape index (κ2) is 10.7. The van der Waals surface area contributed by atoms with Gasteiger partial charge in [-0.3, -0.25) is 14.4 Å². The number of likely N-dealkylation sites (tertiary alicyclic amines) is 1. The molecule has 1 aliphatic carbocycles. The Morgan fingerprint density at radius 2 is 1.88 bits per heavy atom. The molecule has 8 heteroatoms. The van der Waals surface area contributed by atoms with E-state index in [0.717, 1.165) is 0 Å². The summed E-state index contributed by atoms with van der Waals surface area (Å²) in [5.41, 5.74) is 0.457. The molecule has 0 unspecified atom stereocenters. The van der Waals surface area contributed by atoms with E-state index in [1.54, 1.807) is 31.3 Å². The monoisotopic (exact) mass is 475 g/mol. The maximum atomic E-state index is 13.8. The van der Waals surface area contributed by atoms with E-state index in [1.165, 1.54) is 4.90 Å². The van der Waals surface area contributed by atoms with Gasteiger partial charge in [0.05, 0.1) is 35.2 Å². The van der Waals surface area contributed by atoms with Gasteiger partial charge in [-0.1, -0.05) is 56.7 Å². The summed E-state index contributed by atoms with van der Waals surface area (Å²) in [7, 11) is 1.57. The average molecular weight is 476 g/mol. The highest BCUT2D eigenvalue weighted by Crippen LogP contribution is 2.46. The molecule has 1 saturated heterocycles. The van der Waals surface area contributed by atoms with Crippen LogP contribution in [0.4, 0.5) is 5.69 Å². The summed E-state index contributed by atoms with van der Waals surface area (Å²) in [6.45, 7) is 5.75. The van der Waals surface area contributed by atoms with Crippen LogP contribution in [0, 0.1) is 29.6 Å². The molecule has 0 spiro atoms. The number of para-hydroxylation sites is 1. The number of rotatable bonds is 8. The van der Waals surface area contributed by atoms with E-state index in [-0.39, 0.29) is 36.2 Å². The van der Waals surface area contributed by atoms with Crippen LogP contribution in [0.2, 0.25) is 5.02 Å². The molecule has 1 aliphatic heterocycles. The van der Waals surface area contributed by atoms with Crippen LogP contribution in [-0.4, -0.2) is 53.5 Å². The summed E-state index contributed by atoms with van der Waals surface area (Å²) < 4.78 is 0. The van der Waals surface area contributed by atoms with Gasteiger partial charge in [0.15, 0.2) is 0 Å². The van der Waals surface area contributed by atoms with Gasteiger partial charge >= 0.3 is 0 Å². The van der Waals surface area contributed by atoms with Crippen molar-refractivity contribution in [1.82, 2.24) is 10.2 Å². The van der Waals surface area contributed by atoms with Gasteiger partial charge in [0.25, 0.3) is 0 Å². The predicted molar refractivity (Wildman–Crippen MR) is 129 cm³/mol. The first-order chi connectivity index (χ1) is 15.7. The van der Waals surface area contributed by atoms with E-state index in [2.05, 4.69) is 10.6 Å². The lowest BCUT2D eigenvalue weighted by Gasteiger charge is -2.34. The summed E-state index contributed by atoms with van der Waals surface area (Å²) in [5, 5.41) is 16.2. The lowest BCUT2D eigenvalue weighted by atomic mass is 9.69. The maximum Gasteiger partial charge on any atom is 0.247 e. The number of aliphatic hydroxyl groups excluding tert-OH is 1. The number of hydrogen-bond donors (Lipinski definition) is 3. The lowest BCUT2D eigenvalue weighted by molar-refractivity contribution is -0.143. The van der Waals surface area contributed by atoms with Crippen LogP contribution in [0.5, 0.6) is 0 Å². The quantitative estimate of drug-likeness (QED) is 0.503. The van der Waals surface area contributed by atoms with Crippen molar-refractivity contribution in [2.45, 2.75) is 45.7 Å². The third kappa shape index (κ3) is 4.94. The second-order valence-corrected chi connectivity index (χ2v) is 9.73. The van der Waals surface area contributed by atoms with Gasteiger partial charge in [0.2, 0.25) is 17.7 Å². The Morgan fingerprint density at radius 3 is 2.45 bits per heavy atom. The van der Waals surface area contributed by atoms with Crippen molar-refractivity contribution in [1.29, 1.82) is 0 Å². The Labute approximate surface area is 200 Å². The van der Waals surface area contributed by atoms with Crippen LogP contribution < -0.4 is 10.6 Å². The van der Waals surface area contributed by atoms with Gasteiger partial charge < -0.3 is 20.6 Å². The Balaban J connectivity index is 2.06. The molecule has 6 atom stereocenters. The molecule has 0 radical (unpaired) electrons. The summed E-state index contributed by atoms with van der Waals surface area (Å²) in [6.07, 6.45) is 5.13. The van der Waals surface area contributed by atoms with Crippen LogP contribution in [0.25, 0.3) is 0 Å². The SMILES string of the molecule is CC[C@@H]1C=C[C@H]2[C@H](C(=O)N([C@@H](CO)CC(C)C)[C@@H]2C(=O)Nc2ccccc2Cl)[C@@H]1C(=O)NC. The molecule has 0 bridgehead atoms. The van der Waals surface area contributed by atoms with E-state index in [1.807, 2.05) is 32.9 Å². The van der Waals surface area contributed by atoms with E-state index in [0.29, 0.717) is 23.6 Å². The summed E-state index contributed by atoms with van der Waals surface area (Å²) in [5.74, 6) is -2.43. The van der Waals surface area contributed by atoms with Crippen molar-refractivity contribution in [3.8, 4) is 0 Å². The minimum absolute atomic E-state index is 0.0972. The highest BCUT2D eigenvalue weighted by atomic mass is 35.5. The zero-order valence-corrected chi connectivity index (χ0v) is 20.4. The number of hydrogen-bond acceptors (Lipinski definition) is 4. The Morgan fingerprint density at radius 1 is 1.18 bits per heavy atom. The highest BCUT2D eigenvalue weighted by molar-refractivity contribution is 6.33. The molecule has 1 fully saturated rings. The zero-order valence-electron chi connectivity index (χ0n) is 19.6. The summed E-state index contributed by atoms with van der Waals surface area (Å²) in [6, 6.07) is 5.55. The van der Waals surface area contributed by atoms with Crippen LogP contribution >= 0.6 is 11.6 Å². The number of aliphatic hydroxyl groups is 1. The van der Waals surface area contributed by atoms with Crippen molar-refractivity contribution in [3.05, 3.63) is 41.4 Å². The van der Waals surface area contributed by atoms with Crippen LogP contribution in [0.15, 0.2) is 36.4 Å². The average Bonchev–Trinajstić information content (AvgIpc) is 3.10. The number of fused-ring (bicyclic) bond motifs is 1. The topological polar surface area (TPSA) is 98.7 Å². The molecule has 1 heterocycles. The van der Waals surface area contributed by atoms with Crippen molar-refractivity contribution < 1.29 is 19.5 Å². The molecule has 3 rings (SSSR count). The third-order valence-electron chi connectivity index (χ3n) is 6.82. The molecule has 180 valence electrons. The predicted octanol–water partition coefficient (Wildman–Crippen LogP) is 3.09. The molecule has 2 aliphatic rings. The standard InChI is InChI=1S/C25H34ClN3O4/c1-5-15-10-11-17-21(20(15)23(31)27-4)25(33)29(16(13-30)12-14(2)3)22(17)24(32)28-19-9-7-6-8-18(19)26/h6-11,14-17,20-22,30H,5,12-13H2,1-4H3,(H,27,31)(H,28,32)/t15-,16-,17+,20-,21+,22+/m1/s1. The molecule has 1 aromatic rings. The molecule has 33 heavy (non-hydrogen) atoms. The molecular formula is C25H34ClN3O4. The minimum atomic E-state index is -0.851. The van der Waals surface area contributed by atoms with E-state index in [9.17, 15) is 19.5 Å². The smallest absolute Gasteiger partial charge is 0.247 e. The fourth-order valence-corrected chi connectivity index (χ4v) is 5.53. The molecule has 7 nitrogen and oxygen atoms in total. The number of halogens is 1. The second-order valence-electron chi connectivity index (χ2n) is 9.33. The first-order valence-electron chi connectivity index (χ1n) is 11.6. The van der Waals surface area contributed by atoms with E-state index >= 15 is 0 Å². The number of carbonyl (C=O) groups excluding carboxylic acids is 3. The number of carbonyl (C=O) groups is 3. The summed E-state index contributed by atoms with van der Waals surface area (Å²) in [4.78, 5) is 41.8. The van der Waals surface area contributed by atoms with E-state index < -0.39 is 29.8 Å². The molecule has 1 aromatic carbocycles. The number of nitrogens with zero attached hydrogens (tertiary/aromatic N) is 1. The Hall–Kier alpha value is -2.38. The molecule has 0 aromatic heterocycles. The van der Waals surface area contributed by atoms with Gasteiger partial charge in [-0.05, 0) is 36.8 Å². The third-order valence-corrected chi connectivity index (χ3v) is 7.15. The Bertz CT molecular complexity index is 919. The van der Waals surface area contributed by atoms with Crippen molar-refractivity contribution in [2.24, 2.45) is 29.6 Å². The van der Waals surface area contributed by atoms with Gasteiger partial charge in [-0.2, -0.15) is 0 Å². The van der Waals surface area contributed by atoms with Gasteiger partial charge in [0.1, 0.15) is 6.04 Å². The molecular weight excluding hydrogens is 442 g/mol. The van der Waals surface area contributed by atoms with Crippen molar-refractivity contribution in [3.63, 3.8) is 0 Å². The van der Waals surface area contributed by atoms with Crippen LogP contribution in [0.1, 0.15) is 33.6 Å². The number of nitrogens with one attached hydrogen (secondary N) is 2. The van der Waals surface area contributed by atoms with Gasteiger partial charge in [-0.15, -0.1) is 0 Å². The van der Waals surface area contributed by atoms with Crippen molar-refractivity contribution >= 4 is 35.0 Å². The minimum Gasteiger partial charge on any atom is -0.394 e. The zero-order chi connectivity index (χ0) is 24.3. The van der Waals surface area contributed by atoms with Gasteiger partial charge in [0, 0.05) is 13.0 Å². The number of amides is 3. The van der Waals surface area contributed by atoms with Crippen LogP contribution in [0.3, 0.4) is 0 Å². The first kappa shape index (κ1) is 25.2. The van der Waals surface area contributed by atoms with Gasteiger partial charge in [-0.25, -0.2) is 0 Å². The molecule has 3 amide bonds. The van der Waals surface area contributed by atoms with Crippen molar-refractivity contribution in [2.75, 3.05) is 19.0 Å². The lowest BCUT2D eigenvalue weighted by Crippen LogP contribution is -2.51. The van der Waals surface area contributed by atoms with Crippen LogP contribution in [-0.2, 0) is 14.4 Å². The number of benzene rings is 1.